The molecular weight excluding hydrogens is 214 g/mol. The van der Waals surface area contributed by atoms with Gasteiger partial charge in [-0.1, -0.05) is 26.2 Å². The molecule has 0 aliphatic rings. The minimum Gasteiger partial charge on any atom is -0.489 e. The van der Waals surface area contributed by atoms with Gasteiger partial charge in [0.1, 0.15) is 6.61 Å². The number of unbranched alkanes of at least 4 members (excludes halogenated alkanes) is 2. The van der Waals surface area contributed by atoms with Crippen LogP contribution in [0.15, 0.2) is 12.4 Å². The summed E-state index contributed by atoms with van der Waals surface area (Å²) in [7, 11) is 1.89. The predicted octanol–water partition coefficient (Wildman–Crippen LogP) is 2.36. The third-order valence-corrected chi connectivity index (χ3v) is 2.79. The van der Waals surface area contributed by atoms with Gasteiger partial charge in [-0.25, -0.2) is 0 Å². The first-order valence-corrected chi connectivity index (χ1v) is 6.57. The topological polar surface area (TPSA) is 39.1 Å². The van der Waals surface area contributed by atoms with Crippen molar-refractivity contribution in [1.82, 2.24) is 15.1 Å². The Balaban J connectivity index is 2.00. The third kappa shape index (κ3) is 6.31. The molecule has 1 atom stereocenters. The maximum Gasteiger partial charge on any atom is 0.157 e. The fourth-order valence-electron chi connectivity index (χ4n) is 1.75. The molecule has 0 aliphatic carbocycles. The highest BCUT2D eigenvalue weighted by atomic mass is 16.5. The zero-order valence-electron chi connectivity index (χ0n) is 11.3. The van der Waals surface area contributed by atoms with Gasteiger partial charge in [-0.15, -0.1) is 0 Å². The molecular formula is C13H25N3O. The molecule has 1 aromatic rings. The quantitative estimate of drug-likeness (QED) is 0.672. The molecule has 0 fully saturated rings. The van der Waals surface area contributed by atoms with Crippen LogP contribution in [0.5, 0.6) is 5.75 Å². The normalized spacial score (nSPS) is 12.6. The van der Waals surface area contributed by atoms with Crippen molar-refractivity contribution in [1.29, 1.82) is 0 Å². The molecule has 0 saturated carbocycles. The summed E-state index contributed by atoms with van der Waals surface area (Å²) in [5, 5.41) is 7.52. The maximum absolute atomic E-state index is 5.56. The van der Waals surface area contributed by atoms with Crippen LogP contribution in [-0.4, -0.2) is 29.0 Å². The first-order chi connectivity index (χ1) is 8.22. The molecule has 1 N–H and O–H groups in total. The van der Waals surface area contributed by atoms with Crippen LogP contribution in [0.4, 0.5) is 0 Å². The van der Waals surface area contributed by atoms with Gasteiger partial charge in [-0.05, 0) is 13.3 Å². The van der Waals surface area contributed by atoms with Crippen LogP contribution >= 0.6 is 0 Å². The molecule has 1 aromatic heterocycles. The summed E-state index contributed by atoms with van der Waals surface area (Å²) in [5.41, 5.74) is 0. The molecule has 1 rings (SSSR count). The van der Waals surface area contributed by atoms with E-state index in [2.05, 4.69) is 24.3 Å². The summed E-state index contributed by atoms with van der Waals surface area (Å²) in [6.45, 7) is 6.06. The fourth-order valence-corrected chi connectivity index (χ4v) is 1.75. The van der Waals surface area contributed by atoms with Crippen molar-refractivity contribution in [2.24, 2.45) is 7.05 Å². The highest BCUT2D eigenvalue weighted by molar-refractivity contribution is 5.11. The monoisotopic (exact) mass is 239 g/mol. The third-order valence-electron chi connectivity index (χ3n) is 2.79. The fraction of sp³-hybridized carbons (Fsp3) is 0.769. The molecule has 0 bridgehead atoms. The number of rotatable bonds is 9. The van der Waals surface area contributed by atoms with Gasteiger partial charge in [-0.2, -0.15) is 5.10 Å². The van der Waals surface area contributed by atoms with Gasteiger partial charge in [0, 0.05) is 19.6 Å². The molecule has 4 nitrogen and oxygen atoms in total. The van der Waals surface area contributed by atoms with Crippen LogP contribution in [0.1, 0.15) is 39.5 Å². The van der Waals surface area contributed by atoms with Gasteiger partial charge in [0.15, 0.2) is 5.75 Å². The van der Waals surface area contributed by atoms with Crippen LogP contribution in [0.2, 0.25) is 0 Å². The standard InChI is InChI=1S/C13H25N3O/c1-4-5-6-7-12(2)14-8-9-17-13-10-15-16(3)11-13/h10-12,14H,4-9H2,1-3H3. The van der Waals surface area contributed by atoms with Crippen molar-refractivity contribution in [3.8, 4) is 5.75 Å². The van der Waals surface area contributed by atoms with E-state index in [9.17, 15) is 0 Å². The van der Waals surface area contributed by atoms with E-state index in [-0.39, 0.29) is 0 Å². The Bertz CT molecular complexity index is 299. The smallest absolute Gasteiger partial charge is 0.157 e. The molecule has 1 unspecified atom stereocenters. The van der Waals surface area contributed by atoms with Crippen molar-refractivity contribution in [3.63, 3.8) is 0 Å². The van der Waals surface area contributed by atoms with E-state index in [1.807, 2.05) is 13.2 Å². The lowest BCUT2D eigenvalue weighted by Crippen LogP contribution is -2.30. The van der Waals surface area contributed by atoms with Crippen LogP contribution < -0.4 is 10.1 Å². The lowest BCUT2D eigenvalue weighted by Gasteiger charge is -2.13. The summed E-state index contributed by atoms with van der Waals surface area (Å²) in [6.07, 6.45) is 8.80. The molecule has 4 heteroatoms. The van der Waals surface area contributed by atoms with Crippen LogP contribution in [0.3, 0.4) is 0 Å². The summed E-state index contributed by atoms with van der Waals surface area (Å²) in [5.74, 6) is 0.841. The van der Waals surface area contributed by atoms with Gasteiger partial charge in [0.25, 0.3) is 0 Å². The van der Waals surface area contributed by atoms with Crippen LogP contribution in [0, 0.1) is 0 Å². The van der Waals surface area contributed by atoms with Crippen molar-refractivity contribution >= 4 is 0 Å². The van der Waals surface area contributed by atoms with E-state index < -0.39 is 0 Å². The molecule has 0 saturated heterocycles. The zero-order chi connectivity index (χ0) is 12.5. The number of nitrogens with zero attached hydrogens (tertiary/aromatic N) is 2. The second kappa shape index (κ2) is 8.12. The van der Waals surface area contributed by atoms with Gasteiger partial charge >= 0.3 is 0 Å². The van der Waals surface area contributed by atoms with E-state index in [1.165, 1.54) is 25.7 Å². The lowest BCUT2D eigenvalue weighted by molar-refractivity contribution is 0.304. The Hall–Kier alpha value is -1.03. The number of aromatic nitrogens is 2. The number of aryl methyl sites for hydroxylation is 1. The van der Waals surface area contributed by atoms with E-state index in [0.717, 1.165) is 12.3 Å². The highest BCUT2D eigenvalue weighted by Crippen LogP contribution is 2.06. The Morgan fingerprint density at radius 1 is 1.47 bits per heavy atom. The van der Waals surface area contributed by atoms with Crippen molar-refractivity contribution in [2.75, 3.05) is 13.2 Å². The van der Waals surface area contributed by atoms with E-state index in [4.69, 9.17) is 4.74 Å². The van der Waals surface area contributed by atoms with Crippen LogP contribution in [0.25, 0.3) is 0 Å². The minimum atomic E-state index is 0.582. The number of ether oxygens (including phenoxy) is 1. The summed E-state index contributed by atoms with van der Waals surface area (Å²) >= 11 is 0. The largest absolute Gasteiger partial charge is 0.489 e. The minimum absolute atomic E-state index is 0.582. The van der Waals surface area contributed by atoms with Crippen molar-refractivity contribution in [2.45, 2.75) is 45.6 Å². The SMILES string of the molecule is CCCCCC(C)NCCOc1cnn(C)c1. The number of hydrogen-bond donors (Lipinski definition) is 1. The average Bonchev–Trinajstić information content (AvgIpc) is 2.71. The predicted molar refractivity (Wildman–Crippen MR) is 70.3 cm³/mol. The Morgan fingerprint density at radius 3 is 2.94 bits per heavy atom. The van der Waals surface area contributed by atoms with Crippen molar-refractivity contribution in [3.05, 3.63) is 12.4 Å². The molecule has 0 aromatic carbocycles. The molecule has 1 heterocycles. The molecule has 17 heavy (non-hydrogen) atoms. The molecule has 0 spiro atoms. The Labute approximate surface area is 104 Å². The first kappa shape index (κ1) is 14.0. The van der Waals surface area contributed by atoms with Gasteiger partial charge in [-0.3, -0.25) is 4.68 Å². The van der Waals surface area contributed by atoms with Gasteiger partial charge < -0.3 is 10.1 Å². The Morgan fingerprint density at radius 2 is 2.29 bits per heavy atom. The second-order valence-corrected chi connectivity index (χ2v) is 4.55. The first-order valence-electron chi connectivity index (χ1n) is 6.57. The van der Waals surface area contributed by atoms with E-state index >= 15 is 0 Å². The van der Waals surface area contributed by atoms with E-state index in [1.54, 1.807) is 10.9 Å². The zero-order valence-corrected chi connectivity index (χ0v) is 11.3. The molecule has 0 radical (unpaired) electrons. The second-order valence-electron chi connectivity index (χ2n) is 4.55. The summed E-state index contributed by atoms with van der Waals surface area (Å²) in [6, 6.07) is 0.582. The average molecular weight is 239 g/mol. The van der Waals surface area contributed by atoms with Crippen molar-refractivity contribution < 1.29 is 4.74 Å². The van der Waals surface area contributed by atoms with Crippen LogP contribution in [-0.2, 0) is 7.05 Å². The highest BCUT2D eigenvalue weighted by Gasteiger charge is 2.01. The van der Waals surface area contributed by atoms with E-state index in [0.29, 0.717) is 12.6 Å². The summed E-state index contributed by atoms with van der Waals surface area (Å²) < 4.78 is 7.30. The Kier molecular flexibility index (Phi) is 6.70. The molecule has 0 amide bonds. The molecule has 0 aliphatic heterocycles. The lowest BCUT2D eigenvalue weighted by atomic mass is 10.1. The maximum atomic E-state index is 5.56. The molecule has 98 valence electrons. The number of hydrogen-bond acceptors (Lipinski definition) is 3. The van der Waals surface area contributed by atoms with Gasteiger partial charge in [0.2, 0.25) is 0 Å². The van der Waals surface area contributed by atoms with Gasteiger partial charge in [0.05, 0.1) is 12.4 Å². The summed E-state index contributed by atoms with van der Waals surface area (Å²) in [4.78, 5) is 0. The number of nitrogens with one attached hydrogen (secondary N) is 1.